The van der Waals surface area contributed by atoms with Crippen molar-refractivity contribution in [1.29, 1.82) is 0 Å². The second-order valence-electron chi connectivity index (χ2n) is 5.82. The molecule has 112 valence electrons. The van der Waals surface area contributed by atoms with E-state index in [1.54, 1.807) is 0 Å². The average molecular weight is 270 g/mol. The third-order valence-electron chi connectivity index (χ3n) is 4.03. The molecule has 0 aromatic carbocycles. The first-order valence-corrected chi connectivity index (χ1v) is 8.07. The number of aliphatic hydroxyl groups excluding tert-OH is 1. The Kier molecular flexibility index (Phi) is 8.11. The van der Waals surface area contributed by atoms with Crippen LogP contribution < -0.4 is 0 Å². The van der Waals surface area contributed by atoms with E-state index in [1.165, 1.54) is 32.1 Å². The van der Waals surface area contributed by atoms with Gasteiger partial charge in [0.05, 0.1) is 12.0 Å². The first-order chi connectivity index (χ1) is 9.19. The van der Waals surface area contributed by atoms with Crippen molar-refractivity contribution in [2.75, 3.05) is 0 Å². The Balaban J connectivity index is 2.16. The molecule has 3 atom stereocenters. The van der Waals surface area contributed by atoms with Crippen molar-refractivity contribution in [3.05, 3.63) is 0 Å². The van der Waals surface area contributed by atoms with Crippen molar-refractivity contribution >= 4 is 5.97 Å². The van der Waals surface area contributed by atoms with Gasteiger partial charge in [0.2, 0.25) is 0 Å². The minimum atomic E-state index is -0.303. The summed E-state index contributed by atoms with van der Waals surface area (Å²) >= 11 is 0. The highest BCUT2D eigenvalue weighted by Gasteiger charge is 2.42. The molecule has 0 radical (unpaired) electrons. The summed E-state index contributed by atoms with van der Waals surface area (Å²) in [6.45, 7) is 4.35. The van der Waals surface area contributed by atoms with Crippen molar-refractivity contribution < 1.29 is 14.6 Å². The lowest BCUT2D eigenvalue weighted by atomic mass is 9.86. The van der Waals surface area contributed by atoms with E-state index >= 15 is 0 Å². The quantitative estimate of drug-likeness (QED) is 0.458. The number of hydrogen-bond acceptors (Lipinski definition) is 3. The Labute approximate surface area is 117 Å². The van der Waals surface area contributed by atoms with Gasteiger partial charge in [-0.05, 0) is 12.8 Å². The third-order valence-corrected chi connectivity index (χ3v) is 4.03. The predicted molar refractivity (Wildman–Crippen MR) is 76.9 cm³/mol. The van der Waals surface area contributed by atoms with E-state index in [0.29, 0.717) is 6.42 Å². The SMILES string of the molecule is CCCCCCC1C(=O)OC1CC(O)CCCCC. The van der Waals surface area contributed by atoms with Gasteiger partial charge in [-0.25, -0.2) is 0 Å². The van der Waals surface area contributed by atoms with E-state index in [0.717, 1.165) is 25.7 Å². The minimum absolute atomic E-state index is 0.0225. The van der Waals surface area contributed by atoms with Gasteiger partial charge in [-0.3, -0.25) is 4.79 Å². The van der Waals surface area contributed by atoms with Crippen LogP contribution in [0.3, 0.4) is 0 Å². The first-order valence-electron chi connectivity index (χ1n) is 8.07. The normalized spacial score (nSPS) is 23.8. The standard InChI is InChI=1S/C16H30O3/c1-3-5-7-9-11-14-15(19-16(14)18)12-13(17)10-8-6-4-2/h13-15,17H,3-12H2,1-2H3. The summed E-state index contributed by atoms with van der Waals surface area (Å²) in [6, 6.07) is 0. The molecule has 3 nitrogen and oxygen atoms in total. The van der Waals surface area contributed by atoms with Crippen LogP contribution in [0.4, 0.5) is 0 Å². The Hall–Kier alpha value is -0.570. The zero-order valence-electron chi connectivity index (χ0n) is 12.6. The van der Waals surface area contributed by atoms with Crippen molar-refractivity contribution in [1.82, 2.24) is 0 Å². The van der Waals surface area contributed by atoms with Crippen molar-refractivity contribution in [3.8, 4) is 0 Å². The second-order valence-corrected chi connectivity index (χ2v) is 5.82. The van der Waals surface area contributed by atoms with E-state index < -0.39 is 0 Å². The highest BCUT2D eigenvalue weighted by Crippen LogP contribution is 2.31. The Morgan fingerprint density at radius 2 is 1.79 bits per heavy atom. The molecule has 19 heavy (non-hydrogen) atoms. The molecule has 0 bridgehead atoms. The van der Waals surface area contributed by atoms with E-state index in [1.807, 2.05) is 0 Å². The Morgan fingerprint density at radius 3 is 2.42 bits per heavy atom. The van der Waals surface area contributed by atoms with Gasteiger partial charge in [-0.2, -0.15) is 0 Å². The summed E-state index contributed by atoms with van der Waals surface area (Å²) in [7, 11) is 0. The molecule has 1 aliphatic rings. The highest BCUT2D eigenvalue weighted by atomic mass is 16.6. The Morgan fingerprint density at radius 1 is 1.11 bits per heavy atom. The fourth-order valence-electron chi connectivity index (χ4n) is 2.72. The number of carbonyl (C=O) groups excluding carboxylic acids is 1. The minimum Gasteiger partial charge on any atom is -0.461 e. The number of rotatable bonds is 11. The van der Waals surface area contributed by atoms with Gasteiger partial charge in [0, 0.05) is 6.42 Å². The Bertz CT molecular complexity index is 252. The third kappa shape index (κ3) is 5.94. The molecule has 0 spiro atoms. The largest absolute Gasteiger partial charge is 0.461 e. The number of carbonyl (C=O) groups is 1. The molecule has 0 saturated carbocycles. The van der Waals surface area contributed by atoms with Crippen LogP contribution in [0.2, 0.25) is 0 Å². The maximum absolute atomic E-state index is 11.4. The molecule has 3 unspecified atom stereocenters. The van der Waals surface area contributed by atoms with Crippen molar-refractivity contribution in [3.63, 3.8) is 0 Å². The summed E-state index contributed by atoms with van der Waals surface area (Å²) in [5.41, 5.74) is 0. The molecule has 1 saturated heterocycles. The fourth-order valence-corrected chi connectivity index (χ4v) is 2.72. The van der Waals surface area contributed by atoms with Crippen LogP contribution in [0.15, 0.2) is 0 Å². The molecule has 1 fully saturated rings. The van der Waals surface area contributed by atoms with Crippen molar-refractivity contribution in [2.24, 2.45) is 5.92 Å². The molecule has 1 aliphatic heterocycles. The van der Waals surface area contributed by atoms with E-state index in [4.69, 9.17) is 4.74 Å². The number of cyclic esters (lactones) is 1. The van der Waals surface area contributed by atoms with Crippen LogP contribution in [-0.2, 0) is 9.53 Å². The maximum atomic E-state index is 11.4. The predicted octanol–water partition coefficient (Wildman–Crippen LogP) is 3.83. The zero-order valence-corrected chi connectivity index (χ0v) is 12.6. The van der Waals surface area contributed by atoms with Crippen LogP contribution in [0.25, 0.3) is 0 Å². The number of unbranched alkanes of at least 4 members (excludes halogenated alkanes) is 5. The van der Waals surface area contributed by atoms with E-state index in [2.05, 4.69) is 13.8 Å². The van der Waals surface area contributed by atoms with Gasteiger partial charge in [-0.1, -0.05) is 58.8 Å². The van der Waals surface area contributed by atoms with Gasteiger partial charge in [-0.15, -0.1) is 0 Å². The smallest absolute Gasteiger partial charge is 0.313 e. The maximum Gasteiger partial charge on any atom is 0.313 e. The van der Waals surface area contributed by atoms with Gasteiger partial charge in [0.25, 0.3) is 0 Å². The van der Waals surface area contributed by atoms with Gasteiger partial charge in [0.1, 0.15) is 6.10 Å². The summed E-state index contributed by atoms with van der Waals surface area (Å²) in [5.74, 6) is -0.0000575. The molecular weight excluding hydrogens is 240 g/mol. The lowest BCUT2D eigenvalue weighted by Gasteiger charge is -2.36. The summed E-state index contributed by atoms with van der Waals surface area (Å²) in [4.78, 5) is 11.4. The number of hydrogen-bond donors (Lipinski definition) is 1. The molecule has 0 aliphatic carbocycles. The second kappa shape index (κ2) is 9.35. The fraction of sp³-hybridized carbons (Fsp3) is 0.938. The van der Waals surface area contributed by atoms with Crippen LogP contribution in [0, 0.1) is 5.92 Å². The summed E-state index contributed by atoms with van der Waals surface area (Å²) in [6.07, 6.45) is 10.3. The number of esters is 1. The molecule has 3 heteroatoms. The lowest BCUT2D eigenvalue weighted by molar-refractivity contribution is -0.188. The van der Waals surface area contributed by atoms with E-state index in [-0.39, 0.29) is 24.1 Å². The molecular formula is C16H30O3. The van der Waals surface area contributed by atoms with Gasteiger partial charge < -0.3 is 9.84 Å². The molecule has 0 amide bonds. The number of aliphatic hydroxyl groups is 1. The molecule has 0 aromatic rings. The average Bonchev–Trinajstić information content (AvgIpc) is 2.38. The van der Waals surface area contributed by atoms with Crippen LogP contribution >= 0.6 is 0 Å². The van der Waals surface area contributed by atoms with E-state index in [9.17, 15) is 9.90 Å². The van der Waals surface area contributed by atoms with Crippen LogP contribution in [0.1, 0.15) is 78.1 Å². The molecule has 0 aromatic heterocycles. The van der Waals surface area contributed by atoms with Crippen LogP contribution in [-0.4, -0.2) is 23.3 Å². The first kappa shape index (κ1) is 16.5. The van der Waals surface area contributed by atoms with Crippen LogP contribution in [0.5, 0.6) is 0 Å². The molecule has 1 heterocycles. The van der Waals surface area contributed by atoms with Crippen molar-refractivity contribution in [2.45, 2.75) is 90.3 Å². The monoisotopic (exact) mass is 270 g/mol. The lowest BCUT2D eigenvalue weighted by Crippen LogP contribution is -2.46. The highest BCUT2D eigenvalue weighted by molar-refractivity contribution is 5.78. The summed E-state index contributed by atoms with van der Waals surface area (Å²) < 4.78 is 5.19. The number of ether oxygens (including phenoxy) is 1. The molecule has 1 N–H and O–H groups in total. The molecule has 1 rings (SSSR count). The van der Waals surface area contributed by atoms with Gasteiger partial charge >= 0.3 is 5.97 Å². The zero-order chi connectivity index (χ0) is 14.1. The topological polar surface area (TPSA) is 46.5 Å². The van der Waals surface area contributed by atoms with Gasteiger partial charge in [0.15, 0.2) is 0 Å². The summed E-state index contributed by atoms with van der Waals surface area (Å²) in [5, 5.41) is 9.93.